The van der Waals surface area contributed by atoms with Crippen molar-refractivity contribution in [1.29, 1.82) is 5.26 Å². The summed E-state index contributed by atoms with van der Waals surface area (Å²) in [5.74, 6) is -0.0187. The average molecular weight is 542 g/mol. The van der Waals surface area contributed by atoms with Crippen molar-refractivity contribution in [3.63, 3.8) is 0 Å². The van der Waals surface area contributed by atoms with Gasteiger partial charge in [-0.1, -0.05) is 56.1 Å². The molecule has 1 saturated carbocycles. The van der Waals surface area contributed by atoms with Gasteiger partial charge in [-0.2, -0.15) is 5.26 Å². The van der Waals surface area contributed by atoms with Crippen molar-refractivity contribution in [2.75, 3.05) is 10.6 Å². The molecule has 1 aliphatic rings. The summed E-state index contributed by atoms with van der Waals surface area (Å²) < 4.78 is 15.7. The van der Waals surface area contributed by atoms with Gasteiger partial charge in [0.15, 0.2) is 0 Å². The first kappa shape index (κ1) is 27.0. The molecular formula is C29H30BClFN7. The van der Waals surface area contributed by atoms with Crippen molar-refractivity contribution in [2.24, 2.45) is 5.92 Å². The Balaban J connectivity index is 1.62. The molecule has 0 bridgehead atoms. The second-order valence-corrected chi connectivity index (χ2v) is 11.0. The fraction of sp³-hybridized carbons (Fsp3) is 0.379. The van der Waals surface area contributed by atoms with Crippen molar-refractivity contribution in [1.82, 2.24) is 20.0 Å². The number of hydrogen-bond donors (Lipinski definition) is 2. The molecule has 39 heavy (non-hydrogen) atoms. The van der Waals surface area contributed by atoms with Crippen molar-refractivity contribution < 1.29 is 4.39 Å². The first-order valence-electron chi connectivity index (χ1n) is 13.3. The third-order valence-electron chi connectivity index (χ3n) is 7.26. The summed E-state index contributed by atoms with van der Waals surface area (Å²) in [5.41, 5.74) is 2.04. The number of aromatic nitrogens is 4. The summed E-state index contributed by atoms with van der Waals surface area (Å²) >= 11 is 6.75. The Hall–Kier alpha value is -3.64. The fourth-order valence-electron chi connectivity index (χ4n) is 4.84. The van der Waals surface area contributed by atoms with E-state index in [0.29, 0.717) is 56.1 Å². The molecule has 2 radical (unpaired) electrons. The Bertz CT molecular complexity index is 1530. The molecule has 4 aromatic rings. The number of hydrogen-bond acceptors (Lipinski definition) is 6. The van der Waals surface area contributed by atoms with Crippen LogP contribution in [0.15, 0.2) is 48.8 Å². The van der Waals surface area contributed by atoms with Crippen LogP contribution in [0.4, 0.5) is 15.8 Å². The van der Waals surface area contributed by atoms with E-state index in [9.17, 15) is 9.65 Å². The maximum Gasteiger partial charge on any atom is 0.123 e. The highest BCUT2D eigenvalue weighted by Gasteiger charge is 2.34. The SMILES string of the molecule is [B]C(Nc1cc(Cl)c2ncc(C#N)c(N[C@@H](CCC)C(C)C)c2c1)(c1ccc(F)cc1)c1cn(C2CC2)nn1. The monoisotopic (exact) mass is 541 g/mol. The van der Waals surface area contributed by atoms with Crippen LogP contribution < -0.4 is 10.6 Å². The highest BCUT2D eigenvalue weighted by molar-refractivity contribution is 6.36. The number of nitrogens with one attached hydrogen (secondary N) is 2. The zero-order valence-corrected chi connectivity index (χ0v) is 23.0. The molecule has 0 amide bonds. The van der Waals surface area contributed by atoms with Crippen LogP contribution >= 0.6 is 11.6 Å². The molecule has 2 atom stereocenters. The topological polar surface area (TPSA) is 91.5 Å². The fourth-order valence-corrected chi connectivity index (χ4v) is 5.11. The molecule has 198 valence electrons. The molecule has 0 spiro atoms. The number of halogens is 2. The van der Waals surface area contributed by atoms with Crippen LogP contribution in [0.5, 0.6) is 0 Å². The number of benzene rings is 2. The third kappa shape index (κ3) is 5.44. The molecule has 1 fully saturated rings. The molecule has 2 heterocycles. The van der Waals surface area contributed by atoms with Crippen molar-refractivity contribution in [3.8, 4) is 6.07 Å². The normalized spacial score (nSPS) is 15.6. The largest absolute Gasteiger partial charge is 0.380 e. The standard InChI is InChI=1S/C29H30BClFN7/c1-4-5-25(17(2)3)35-27-18(14-33)15-34-28-23(27)12-21(13-24(28)31)36-29(30,19-6-8-20(32)9-7-19)26-16-39(38-37-26)22-10-11-22/h6-9,12-13,15-17,22,25,36H,4-5,10-11H2,1-3H3,(H,34,35)/t25-,29?/m0/s1. The lowest BCUT2D eigenvalue weighted by molar-refractivity contribution is 0.489. The Morgan fingerprint density at radius 1 is 1.26 bits per heavy atom. The van der Waals surface area contributed by atoms with Crippen LogP contribution in [0.25, 0.3) is 10.9 Å². The van der Waals surface area contributed by atoms with Gasteiger partial charge < -0.3 is 10.6 Å². The van der Waals surface area contributed by atoms with Gasteiger partial charge in [0, 0.05) is 23.3 Å². The lowest BCUT2D eigenvalue weighted by Crippen LogP contribution is -2.37. The van der Waals surface area contributed by atoms with Gasteiger partial charge in [-0.3, -0.25) is 4.98 Å². The van der Waals surface area contributed by atoms with Gasteiger partial charge in [-0.15, -0.1) is 5.10 Å². The van der Waals surface area contributed by atoms with E-state index >= 15 is 0 Å². The number of fused-ring (bicyclic) bond motifs is 1. The van der Waals surface area contributed by atoms with E-state index in [1.54, 1.807) is 24.4 Å². The predicted molar refractivity (Wildman–Crippen MR) is 153 cm³/mol. The molecule has 2 N–H and O–H groups in total. The third-order valence-corrected chi connectivity index (χ3v) is 7.54. The summed E-state index contributed by atoms with van der Waals surface area (Å²) in [4.78, 5) is 4.48. The summed E-state index contributed by atoms with van der Waals surface area (Å²) in [6.45, 7) is 6.45. The molecule has 1 unspecified atom stereocenters. The van der Waals surface area contributed by atoms with E-state index in [0.717, 1.165) is 25.7 Å². The maximum absolute atomic E-state index is 13.8. The first-order chi connectivity index (χ1) is 18.7. The Labute approximate surface area is 234 Å². The van der Waals surface area contributed by atoms with Crippen LogP contribution in [0, 0.1) is 23.1 Å². The van der Waals surface area contributed by atoms with Gasteiger partial charge >= 0.3 is 0 Å². The quantitative estimate of drug-likeness (QED) is 0.221. The highest BCUT2D eigenvalue weighted by atomic mass is 35.5. The number of rotatable bonds is 10. The summed E-state index contributed by atoms with van der Waals surface area (Å²) in [7, 11) is 7.03. The van der Waals surface area contributed by atoms with Crippen LogP contribution in [-0.2, 0) is 5.44 Å². The first-order valence-corrected chi connectivity index (χ1v) is 13.7. The van der Waals surface area contributed by atoms with Gasteiger partial charge in [0.05, 0.1) is 39.5 Å². The van der Waals surface area contributed by atoms with E-state index < -0.39 is 5.44 Å². The van der Waals surface area contributed by atoms with Crippen LogP contribution in [0.2, 0.25) is 5.02 Å². The Morgan fingerprint density at radius 3 is 2.64 bits per heavy atom. The van der Waals surface area contributed by atoms with Crippen LogP contribution in [-0.4, -0.2) is 33.9 Å². The number of anilines is 2. The molecule has 1 aliphatic carbocycles. The minimum atomic E-state index is -1.34. The average Bonchev–Trinajstić information content (AvgIpc) is 3.64. The van der Waals surface area contributed by atoms with Gasteiger partial charge in [-0.25, -0.2) is 9.07 Å². The van der Waals surface area contributed by atoms with Crippen molar-refractivity contribution >= 4 is 41.7 Å². The molecule has 0 saturated heterocycles. The summed E-state index contributed by atoms with van der Waals surface area (Å²) in [6, 6.07) is 12.4. The van der Waals surface area contributed by atoms with Crippen LogP contribution in [0.3, 0.4) is 0 Å². The molecule has 5 rings (SSSR count). The van der Waals surface area contributed by atoms with Crippen molar-refractivity contribution in [2.45, 2.75) is 64.0 Å². The van der Waals surface area contributed by atoms with E-state index in [1.807, 2.05) is 16.9 Å². The van der Waals surface area contributed by atoms with E-state index in [4.69, 9.17) is 19.4 Å². The van der Waals surface area contributed by atoms with Crippen LogP contribution in [0.1, 0.15) is 69.3 Å². The maximum atomic E-state index is 13.8. The Morgan fingerprint density at radius 2 is 2.00 bits per heavy atom. The Kier molecular flexibility index (Phi) is 7.50. The second kappa shape index (κ2) is 10.9. The van der Waals surface area contributed by atoms with Crippen molar-refractivity contribution in [3.05, 3.63) is 76.5 Å². The molecule has 7 nitrogen and oxygen atoms in total. The summed E-state index contributed by atoms with van der Waals surface area (Å²) in [5, 5.41) is 26.7. The van der Waals surface area contributed by atoms with E-state index in [-0.39, 0.29) is 11.9 Å². The summed E-state index contributed by atoms with van der Waals surface area (Å²) in [6.07, 6.45) is 7.42. The zero-order chi connectivity index (χ0) is 27.7. The van der Waals surface area contributed by atoms with Gasteiger partial charge in [-0.05, 0) is 55.0 Å². The lowest BCUT2D eigenvalue weighted by atomic mass is 9.69. The zero-order valence-electron chi connectivity index (χ0n) is 22.2. The number of nitrogens with zero attached hydrogens (tertiary/aromatic N) is 5. The predicted octanol–water partition coefficient (Wildman–Crippen LogP) is 6.54. The van der Waals surface area contributed by atoms with Gasteiger partial charge in [0.25, 0.3) is 0 Å². The van der Waals surface area contributed by atoms with Gasteiger partial charge in [0.2, 0.25) is 0 Å². The number of pyridine rings is 1. The lowest BCUT2D eigenvalue weighted by Gasteiger charge is -2.32. The molecule has 0 aliphatic heterocycles. The van der Waals surface area contributed by atoms with Gasteiger partial charge in [0.1, 0.15) is 25.4 Å². The van der Waals surface area contributed by atoms with E-state index in [1.165, 1.54) is 12.1 Å². The molecule has 10 heteroatoms. The molecular weight excluding hydrogens is 512 g/mol. The number of nitriles is 1. The second-order valence-electron chi connectivity index (χ2n) is 10.6. The highest BCUT2D eigenvalue weighted by Crippen LogP contribution is 2.39. The molecule has 2 aromatic carbocycles. The minimum Gasteiger partial charge on any atom is -0.380 e. The molecule has 2 aromatic heterocycles. The smallest absolute Gasteiger partial charge is 0.123 e. The van der Waals surface area contributed by atoms with E-state index in [2.05, 4.69) is 52.8 Å². The minimum absolute atomic E-state index is 0.161.